The average molecular weight is 189 g/mol. The average Bonchev–Trinajstić information content (AvgIpc) is 2.23. The van der Waals surface area contributed by atoms with Crippen LogP contribution in [0.4, 0.5) is 5.69 Å². The molecule has 2 aromatic rings. The van der Waals surface area contributed by atoms with Gasteiger partial charge in [-0.05, 0) is 17.5 Å². The van der Waals surface area contributed by atoms with Crippen molar-refractivity contribution in [2.24, 2.45) is 0 Å². The van der Waals surface area contributed by atoms with Gasteiger partial charge in [0.2, 0.25) is 0 Å². The van der Waals surface area contributed by atoms with Crippen molar-refractivity contribution in [2.75, 3.05) is 12.8 Å². The van der Waals surface area contributed by atoms with E-state index >= 15 is 0 Å². The Balaban J connectivity index is 2.89. The molecule has 0 unspecified atom stereocenters. The number of anilines is 1. The lowest BCUT2D eigenvalue weighted by molar-refractivity contribution is 0.416. The van der Waals surface area contributed by atoms with E-state index in [-0.39, 0.29) is 5.75 Å². The number of phenolic OH excluding ortho intramolecular Hbond substituents is 1. The maximum Gasteiger partial charge on any atom is 0.150 e. The molecule has 0 fully saturated rings. The minimum absolute atomic E-state index is 0.0833. The normalized spacial score (nSPS) is 10.4. The highest BCUT2D eigenvalue weighted by Crippen LogP contribution is 2.36. The third kappa shape index (κ3) is 1.14. The van der Waals surface area contributed by atoms with Gasteiger partial charge < -0.3 is 15.6 Å². The fourth-order valence-corrected chi connectivity index (χ4v) is 1.51. The Hall–Kier alpha value is -1.90. The molecule has 0 amide bonds. The van der Waals surface area contributed by atoms with E-state index in [1.54, 1.807) is 19.2 Å². The zero-order valence-electron chi connectivity index (χ0n) is 7.82. The van der Waals surface area contributed by atoms with Crippen molar-refractivity contribution in [3.8, 4) is 11.5 Å². The number of ether oxygens (including phenoxy) is 1. The summed E-state index contributed by atoms with van der Waals surface area (Å²) in [6, 6.07) is 9.10. The van der Waals surface area contributed by atoms with Gasteiger partial charge >= 0.3 is 0 Å². The minimum atomic E-state index is 0.0833. The SMILES string of the molecule is COc1cccc2ccc(N)c(O)c12. The Morgan fingerprint density at radius 2 is 2.00 bits per heavy atom. The summed E-state index contributed by atoms with van der Waals surface area (Å²) in [6.07, 6.45) is 0. The van der Waals surface area contributed by atoms with Gasteiger partial charge in [0.15, 0.2) is 0 Å². The fourth-order valence-electron chi connectivity index (χ4n) is 1.51. The van der Waals surface area contributed by atoms with Crippen LogP contribution in [0.5, 0.6) is 11.5 Å². The largest absolute Gasteiger partial charge is 0.505 e. The molecule has 0 aliphatic rings. The molecule has 0 aliphatic heterocycles. The molecular weight excluding hydrogens is 178 g/mol. The van der Waals surface area contributed by atoms with Crippen molar-refractivity contribution in [3.63, 3.8) is 0 Å². The molecule has 0 spiro atoms. The van der Waals surface area contributed by atoms with E-state index in [2.05, 4.69) is 0 Å². The van der Waals surface area contributed by atoms with E-state index in [4.69, 9.17) is 10.5 Å². The fraction of sp³-hybridized carbons (Fsp3) is 0.0909. The molecular formula is C11H11NO2. The van der Waals surface area contributed by atoms with Crippen LogP contribution in [0.2, 0.25) is 0 Å². The van der Waals surface area contributed by atoms with Gasteiger partial charge in [0.1, 0.15) is 11.5 Å². The van der Waals surface area contributed by atoms with Crippen molar-refractivity contribution in [2.45, 2.75) is 0 Å². The zero-order valence-corrected chi connectivity index (χ0v) is 7.82. The maximum absolute atomic E-state index is 9.77. The number of methoxy groups -OCH3 is 1. The van der Waals surface area contributed by atoms with E-state index in [0.717, 1.165) is 5.39 Å². The summed E-state index contributed by atoms with van der Waals surface area (Å²) in [5.74, 6) is 0.715. The summed E-state index contributed by atoms with van der Waals surface area (Å²) in [6.45, 7) is 0. The third-order valence-electron chi connectivity index (χ3n) is 2.23. The Bertz CT molecular complexity index is 480. The van der Waals surface area contributed by atoms with Crippen LogP contribution in [0.15, 0.2) is 30.3 Å². The van der Waals surface area contributed by atoms with Gasteiger partial charge in [-0.2, -0.15) is 0 Å². The predicted octanol–water partition coefficient (Wildman–Crippen LogP) is 2.14. The smallest absolute Gasteiger partial charge is 0.150 e. The van der Waals surface area contributed by atoms with Gasteiger partial charge in [-0.25, -0.2) is 0 Å². The van der Waals surface area contributed by atoms with Crippen LogP contribution in [-0.4, -0.2) is 12.2 Å². The molecule has 0 saturated carbocycles. The lowest BCUT2D eigenvalue weighted by Crippen LogP contribution is -1.89. The van der Waals surface area contributed by atoms with Crippen LogP contribution in [0.3, 0.4) is 0 Å². The Morgan fingerprint density at radius 3 is 2.71 bits per heavy atom. The van der Waals surface area contributed by atoms with Crippen LogP contribution >= 0.6 is 0 Å². The number of rotatable bonds is 1. The molecule has 2 rings (SSSR count). The summed E-state index contributed by atoms with van der Waals surface area (Å²) in [5, 5.41) is 11.3. The van der Waals surface area contributed by atoms with Gasteiger partial charge in [0.25, 0.3) is 0 Å². The molecule has 0 atom stereocenters. The first kappa shape index (κ1) is 8.69. The lowest BCUT2D eigenvalue weighted by atomic mass is 10.1. The molecule has 3 nitrogen and oxygen atoms in total. The molecule has 0 aromatic heterocycles. The van der Waals surface area contributed by atoms with Crippen molar-refractivity contribution in [1.82, 2.24) is 0 Å². The Labute approximate surface area is 81.7 Å². The van der Waals surface area contributed by atoms with Crippen LogP contribution in [0, 0.1) is 0 Å². The molecule has 2 aromatic carbocycles. The number of hydrogen-bond donors (Lipinski definition) is 2. The van der Waals surface area contributed by atoms with Crippen LogP contribution in [0.1, 0.15) is 0 Å². The van der Waals surface area contributed by atoms with Crippen molar-refractivity contribution in [3.05, 3.63) is 30.3 Å². The molecule has 0 radical (unpaired) electrons. The molecule has 0 heterocycles. The summed E-state index contributed by atoms with van der Waals surface area (Å²) in [4.78, 5) is 0. The van der Waals surface area contributed by atoms with Crippen LogP contribution < -0.4 is 10.5 Å². The summed E-state index contributed by atoms with van der Waals surface area (Å²) in [5.41, 5.74) is 5.97. The van der Waals surface area contributed by atoms with E-state index in [1.807, 2.05) is 18.2 Å². The highest BCUT2D eigenvalue weighted by atomic mass is 16.5. The number of phenols is 1. The summed E-state index contributed by atoms with van der Waals surface area (Å²) < 4.78 is 5.15. The van der Waals surface area contributed by atoms with E-state index in [0.29, 0.717) is 16.8 Å². The predicted molar refractivity (Wildman–Crippen MR) is 56.6 cm³/mol. The van der Waals surface area contributed by atoms with E-state index in [1.165, 1.54) is 0 Å². The van der Waals surface area contributed by atoms with Gasteiger partial charge in [0.05, 0.1) is 18.2 Å². The van der Waals surface area contributed by atoms with E-state index in [9.17, 15) is 5.11 Å². The molecule has 3 heteroatoms. The quantitative estimate of drug-likeness (QED) is 0.533. The van der Waals surface area contributed by atoms with Gasteiger partial charge in [0, 0.05) is 0 Å². The minimum Gasteiger partial charge on any atom is -0.505 e. The van der Waals surface area contributed by atoms with Crippen molar-refractivity contribution in [1.29, 1.82) is 0 Å². The second kappa shape index (κ2) is 3.10. The molecule has 0 aliphatic carbocycles. The monoisotopic (exact) mass is 189 g/mol. The first-order chi connectivity index (χ1) is 6.74. The van der Waals surface area contributed by atoms with Crippen molar-refractivity contribution < 1.29 is 9.84 Å². The first-order valence-corrected chi connectivity index (χ1v) is 4.28. The number of nitrogens with two attached hydrogens (primary N) is 1. The Morgan fingerprint density at radius 1 is 1.21 bits per heavy atom. The molecule has 72 valence electrons. The van der Waals surface area contributed by atoms with Gasteiger partial charge in [-0.15, -0.1) is 0 Å². The zero-order chi connectivity index (χ0) is 10.1. The van der Waals surface area contributed by atoms with Crippen LogP contribution in [0.25, 0.3) is 10.8 Å². The topological polar surface area (TPSA) is 55.5 Å². The molecule has 14 heavy (non-hydrogen) atoms. The summed E-state index contributed by atoms with van der Waals surface area (Å²) >= 11 is 0. The highest BCUT2D eigenvalue weighted by molar-refractivity contribution is 5.97. The summed E-state index contributed by atoms with van der Waals surface area (Å²) in [7, 11) is 1.57. The standard InChI is InChI=1S/C11H11NO2/c1-14-9-4-2-3-7-5-6-8(12)11(13)10(7)9/h2-6,13H,12H2,1H3. The number of nitrogen functional groups attached to an aromatic ring is 1. The highest BCUT2D eigenvalue weighted by Gasteiger charge is 2.08. The molecule has 0 saturated heterocycles. The number of hydrogen-bond acceptors (Lipinski definition) is 3. The first-order valence-electron chi connectivity index (χ1n) is 4.28. The van der Waals surface area contributed by atoms with Crippen LogP contribution in [-0.2, 0) is 0 Å². The molecule has 0 bridgehead atoms. The Kier molecular flexibility index (Phi) is 1.93. The second-order valence-electron chi connectivity index (χ2n) is 3.06. The third-order valence-corrected chi connectivity index (χ3v) is 2.23. The number of benzene rings is 2. The number of fused-ring (bicyclic) bond motifs is 1. The second-order valence-corrected chi connectivity index (χ2v) is 3.06. The maximum atomic E-state index is 9.77. The van der Waals surface area contributed by atoms with Gasteiger partial charge in [-0.3, -0.25) is 0 Å². The van der Waals surface area contributed by atoms with Gasteiger partial charge in [-0.1, -0.05) is 18.2 Å². The lowest BCUT2D eigenvalue weighted by Gasteiger charge is -2.08. The van der Waals surface area contributed by atoms with E-state index < -0.39 is 0 Å². The van der Waals surface area contributed by atoms with Crippen molar-refractivity contribution >= 4 is 16.5 Å². The molecule has 3 N–H and O–H groups in total. The number of aromatic hydroxyl groups is 1.